The fourth-order valence-electron chi connectivity index (χ4n) is 0.888. The van der Waals surface area contributed by atoms with Crippen molar-refractivity contribution in [1.29, 1.82) is 0 Å². The van der Waals surface area contributed by atoms with E-state index in [0.717, 1.165) is 0 Å². The molecule has 0 aliphatic carbocycles. The van der Waals surface area contributed by atoms with Gasteiger partial charge >= 0.3 is 75.0 Å². The Bertz CT molecular complexity index is 535. The van der Waals surface area contributed by atoms with E-state index in [1.165, 1.54) is 0 Å². The van der Waals surface area contributed by atoms with E-state index in [0.29, 0.717) is 0 Å². The summed E-state index contributed by atoms with van der Waals surface area (Å²) in [5, 5.41) is -7.38. The summed E-state index contributed by atoms with van der Waals surface area (Å²) in [5.41, 5.74) is 0. The van der Waals surface area contributed by atoms with E-state index in [2.05, 4.69) is 0 Å². The van der Waals surface area contributed by atoms with Crippen LogP contribution in [-0.2, 0) is 10.1 Å². The van der Waals surface area contributed by atoms with Crippen molar-refractivity contribution in [3.8, 4) is 0 Å². The molecule has 0 fully saturated rings. The van der Waals surface area contributed by atoms with Gasteiger partial charge in [-0.3, -0.25) is 4.55 Å². The van der Waals surface area contributed by atoms with Crippen LogP contribution in [0.25, 0.3) is 0 Å². The van der Waals surface area contributed by atoms with Crippen molar-refractivity contribution in [2.24, 2.45) is 0 Å². The zero-order chi connectivity index (χ0) is 18.6. The molecule has 0 aliphatic heterocycles. The van der Waals surface area contributed by atoms with Gasteiger partial charge in [0, 0.05) is 0 Å². The third kappa shape index (κ3) is 3.41. The first-order valence-corrected chi connectivity index (χ1v) is 5.78. The summed E-state index contributed by atoms with van der Waals surface area (Å²) in [6, 6.07) is 0. The average molecular weight is 406 g/mol. The van der Waals surface area contributed by atoms with Crippen molar-refractivity contribution < 1.29 is 96.6 Å². The zero-order valence-corrected chi connectivity index (χ0v) is 13.1. The van der Waals surface area contributed by atoms with Gasteiger partial charge in [0.2, 0.25) is 0 Å². The first-order valence-electron chi connectivity index (χ1n) is 4.33. The van der Waals surface area contributed by atoms with E-state index in [9.17, 15) is 61.1 Å². The molecule has 0 unspecified atom stereocenters. The Morgan fingerprint density at radius 2 is 1.04 bits per heavy atom. The van der Waals surface area contributed by atoms with Gasteiger partial charge in [-0.25, -0.2) is 8.78 Å². The van der Waals surface area contributed by atoms with Crippen molar-refractivity contribution in [3.63, 3.8) is 0 Å². The van der Waals surface area contributed by atoms with Gasteiger partial charge in [-0.15, -0.1) is 0 Å². The minimum atomic E-state index is -7.99. The van der Waals surface area contributed by atoms with Crippen LogP contribution in [0.5, 0.6) is 0 Å². The largest absolute Gasteiger partial charge is 1.00 e. The Morgan fingerprint density at radius 3 is 1.26 bits per heavy atom. The van der Waals surface area contributed by atoms with Crippen molar-refractivity contribution in [1.82, 2.24) is 0 Å². The summed E-state index contributed by atoms with van der Waals surface area (Å²) >= 11 is 0. The van der Waals surface area contributed by atoms with Gasteiger partial charge in [-0.2, -0.15) is 52.3 Å². The molecule has 0 heterocycles. The van der Waals surface area contributed by atoms with E-state index in [-0.39, 0.29) is 31.0 Å². The maximum atomic E-state index is 12.7. The maximum absolute atomic E-state index is 12.7. The van der Waals surface area contributed by atoms with Crippen LogP contribution in [0.3, 0.4) is 0 Å². The molecule has 136 valence electrons. The second-order valence-electron chi connectivity index (χ2n) is 3.64. The molecule has 0 bridgehead atoms. The second-order valence-corrected chi connectivity index (χ2v) is 5.10. The molecule has 0 radical (unpaired) electrons. The van der Waals surface area contributed by atoms with Crippen molar-refractivity contribution >= 4 is 10.1 Å². The number of alkyl halides is 12. The summed E-state index contributed by atoms with van der Waals surface area (Å²) in [7, 11) is -7.50. The molecule has 0 amide bonds. The molecular formula is C6H3F12NaO3S. The third-order valence-corrected chi connectivity index (χ3v) is 3.08. The van der Waals surface area contributed by atoms with Gasteiger partial charge < -0.3 is 1.43 Å². The van der Waals surface area contributed by atoms with E-state index in [1.54, 1.807) is 0 Å². The Kier molecular flexibility index (Phi) is 7.06. The molecule has 3 nitrogen and oxygen atoms in total. The number of halogens is 12. The SMILES string of the molecule is O=S(=O)(O)C(F)(F)C(F)(F)C(F)(F)C(F)(F)C(F)(F)C(F)F.[H-].[Na+]. The maximum Gasteiger partial charge on any atom is 1.00 e. The molecule has 17 heteroatoms. The normalized spacial score (nSPS) is 15.6. The van der Waals surface area contributed by atoms with Crippen molar-refractivity contribution in [2.45, 2.75) is 35.4 Å². The number of hydrogen-bond donors (Lipinski definition) is 1. The monoisotopic (exact) mass is 406 g/mol. The van der Waals surface area contributed by atoms with Crippen molar-refractivity contribution in [3.05, 3.63) is 0 Å². The smallest absolute Gasteiger partial charge is 1.00 e. The Labute approximate surface area is 142 Å². The van der Waals surface area contributed by atoms with Crippen LogP contribution < -0.4 is 29.6 Å². The molecule has 0 aromatic rings. The molecule has 1 N–H and O–H groups in total. The number of rotatable bonds is 6. The van der Waals surface area contributed by atoms with Crippen LogP contribution in [-0.4, -0.2) is 48.3 Å². The summed E-state index contributed by atoms with van der Waals surface area (Å²) in [5.74, 6) is -30.9. The van der Waals surface area contributed by atoms with Crippen LogP contribution in [0.2, 0.25) is 0 Å². The molecule has 0 atom stereocenters. The van der Waals surface area contributed by atoms with Gasteiger partial charge in [0.1, 0.15) is 0 Å². The summed E-state index contributed by atoms with van der Waals surface area (Å²) in [6.45, 7) is 0. The Balaban J connectivity index is -0.00000220. The van der Waals surface area contributed by atoms with E-state index in [4.69, 9.17) is 4.55 Å². The molecule has 0 aromatic carbocycles. The average Bonchev–Trinajstić information content (AvgIpc) is 2.25. The standard InChI is InChI=1S/C6H2F12O3S.Na.H/c7-1(8)2(9,10)3(11,12)4(13,14)5(15,16)6(17,18)22(19,20)21;;/h1H,(H,19,20,21);;/q;+1;-1. The van der Waals surface area contributed by atoms with Gasteiger partial charge in [0.25, 0.3) is 0 Å². The Hall–Kier alpha value is 0.0700. The van der Waals surface area contributed by atoms with Crippen LogP contribution in [0.4, 0.5) is 52.7 Å². The summed E-state index contributed by atoms with van der Waals surface area (Å²) in [6.07, 6.45) is -5.69. The minimum absolute atomic E-state index is 0. The second kappa shape index (κ2) is 6.42. The first kappa shape index (κ1) is 25.3. The van der Waals surface area contributed by atoms with Gasteiger partial charge in [0.05, 0.1) is 0 Å². The third-order valence-electron chi connectivity index (χ3n) is 2.17. The van der Waals surface area contributed by atoms with Gasteiger partial charge in [0.15, 0.2) is 0 Å². The quantitative estimate of drug-likeness (QED) is 0.395. The molecule has 0 spiro atoms. The minimum Gasteiger partial charge on any atom is -1.00 e. The van der Waals surface area contributed by atoms with E-state index >= 15 is 0 Å². The summed E-state index contributed by atoms with van der Waals surface area (Å²) < 4.78 is 176. The summed E-state index contributed by atoms with van der Waals surface area (Å²) in [4.78, 5) is 0. The molecule has 0 rings (SSSR count). The molecule has 0 saturated heterocycles. The fourth-order valence-corrected chi connectivity index (χ4v) is 1.34. The Morgan fingerprint density at radius 1 is 0.739 bits per heavy atom. The van der Waals surface area contributed by atoms with Crippen LogP contribution in [0.15, 0.2) is 0 Å². The molecular weight excluding hydrogens is 403 g/mol. The van der Waals surface area contributed by atoms with E-state index < -0.39 is 45.5 Å². The van der Waals surface area contributed by atoms with Gasteiger partial charge in [-0.1, -0.05) is 0 Å². The topological polar surface area (TPSA) is 54.4 Å². The molecule has 23 heavy (non-hydrogen) atoms. The molecule has 0 aliphatic rings. The van der Waals surface area contributed by atoms with Crippen LogP contribution in [0.1, 0.15) is 1.43 Å². The predicted molar refractivity (Wildman–Crippen MR) is 43.4 cm³/mol. The predicted octanol–water partition coefficient (Wildman–Crippen LogP) is 0.390. The van der Waals surface area contributed by atoms with Crippen LogP contribution >= 0.6 is 0 Å². The first-order chi connectivity index (χ1) is 9.19. The zero-order valence-electron chi connectivity index (χ0n) is 11.3. The van der Waals surface area contributed by atoms with E-state index in [1.807, 2.05) is 0 Å². The van der Waals surface area contributed by atoms with Crippen molar-refractivity contribution in [2.75, 3.05) is 0 Å². The van der Waals surface area contributed by atoms with Crippen LogP contribution in [0, 0.1) is 0 Å². The van der Waals surface area contributed by atoms with Gasteiger partial charge in [-0.05, 0) is 0 Å². The number of hydrogen-bond acceptors (Lipinski definition) is 2. The molecule has 0 aromatic heterocycles. The molecule has 0 saturated carbocycles. The fraction of sp³-hybridized carbons (Fsp3) is 1.00.